The molecule has 6 heteroatoms. The smallest absolute Gasteiger partial charge is 0.267 e. The minimum absolute atomic E-state index is 0.0740. The molecule has 0 radical (unpaired) electrons. The van der Waals surface area contributed by atoms with E-state index in [9.17, 15) is 9.59 Å². The number of imidazole rings is 1. The molecule has 2 heterocycles. The Labute approximate surface area is 227 Å². The van der Waals surface area contributed by atoms with E-state index in [2.05, 4.69) is 6.07 Å². The molecule has 0 bridgehead atoms. The monoisotopic (exact) mass is 517 g/mol. The average Bonchev–Trinajstić information content (AvgIpc) is 3.62. The number of allylic oxidation sites excluding steroid dienone is 1. The van der Waals surface area contributed by atoms with E-state index in [1.807, 2.05) is 95.6 Å². The van der Waals surface area contributed by atoms with Crippen LogP contribution in [0.25, 0.3) is 56.1 Å². The minimum atomic E-state index is -0.310. The Morgan fingerprint density at radius 1 is 0.625 bits per heavy atom. The predicted octanol–water partition coefficient (Wildman–Crippen LogP) is 7.45. The highest BCUT2D eigenvalue weighted by atomic mass is 16.4. The molecular formula is C34H19N3O3. The van der Waals surface area contributed by atoms with Gasteiger partial charge in [0.15, 0.2) is 11.6 Å². The first-order chi connectivity index (χ1) is 19.6. The summed E-state index contributed by atoms with van der Waals surface area (Å²) in [5, 5.41) is 4.04. The van der Waals surface area contributed by atoms with Crippen LogP contribution in [0.2, 0.25) is 0 Å². The molecule has 0 aliphatic heterocycles. The number of aromatic nitrogens is 3. The lowest BCUT2D eigenvalue weighted by Gasteiger charge is -2.06. The number of Topliss-reactive ketones (excluding diaryl/α,β-unsaturated/α-hetero) is 2. The van der Waals surface area contributed by atoms with E-state index in [0.29, 0.717) is 34.2 Å². The van der Waals surface area contributed by atoms with E-state index in [-0.39, 0.29) is 17.1 Å². The molecule has 0 unspecified atom stereocenters. The number of nitrogens with zero attached hydrogens (tertiary/aromatic N) is 3. The molecule has 0 amide bonds. The molecule has 6 nitrogen and oxygen atoms in total. The Hall–Kier alpha value is -5.62. The van der Waals surface area contributed by atoms with E-state index in [0.717, 1.165) is 32.8 Å². The zero-order chi connectivity index (χ0) is 26.8. The first-order valence-electron chi connectivity index (χ1n) is 12.9. The van der Waals surface area contributed by atoms with E-state index in [4.69, 9.17) is 14.4 Å². The predicted molar refractivity (Wildman–Crippen MR) is 155 cm³/mol. The first kappa shape index (κ1) is 22.4. The van der Waals surface area contributed by atoms with Gasteiger partial charge in [0.2, 0.25) is 11.5 Å². The van der Waals surface area contributed by atoms with Gasteiger partial charge in [0.1, 0.15) is 5.82 Å². The quantitative estimate of drug-likeness (QED) is 0.180. The van der Waals surface area contributed by atoms with Crippen molar-refractivity contribution in [2.45, 2.75) is 0 Å². The van der Waals surface area contributed by atoms with Gasteiger partial charge in [-0.25, -0.2) is 0 Å². The first-order valence-corrected chi connectivity index (χ1v) is 12.9. The highest BCUT2D eigenvalue weighted by molar-refractivity contribution is 6.42. The zero-order valence-corrected chi connectivity index (χ0v) is 21.0. The molecule has 40 heavy (non-hydrogen) atoms. The van der Waals surface area contributed by atoms with Crippen molar-refractivity contribution >= 4 is 50.5 Å². The molecular weight excluding hydrogens is 498 g/mol. The minimum Gasteiger partial charge on any atom is -0.416 e. The molecule has 0 fully saturated rings. The van der Waals surface area contributed by atoms with Crippen LogP contribution in [0.4, 0.5) is 0 Å². The molecule has 188 valence electrons. The van der Waals surface area contributed by atoms with Crippen LogP contribution in [-0.4, -0.2) is 26.1 Å². The molecule has 1 aliphatic carbocycles. The molecule has 0 saturated carbocycles. The highest BCUT2D eigenvalue weighted by Gasteiger charge is 2.34. The molecule has 0 atom stereocenters. The normalized spacial score (nSPS) is 13.1. The van der Waals surface area contributed by atoms with Crippen LogP contribution in [0.3, 0.4) is 0 Å². The summed E-state index contributed by atoms with van der Waals surface area (Å²) in [5.74, 6) is 0.218. The summed E-state index contributed by atoms with van der Waals surface area (Å²) >= 11 is 0. The summed E-state index contributed by atoms with van der Waals surface area (Å²) in [6, 6.07) is 35.0. The van der Waals surface area contributed by atoms with Gasteiger partial charge in [0, 0.05) is 22.4 Å². The number of carbonyl (C=O) groups is 2. The second-order valence-corrected chi connectivity index (χ2v) is 9.81. The maximum Gasteiger partial charge on any atom is 0.267 e. The van der Waals surface area contributed by atoms with Gasteiger partial charge in [-0.3, -0.25) is 14.2 Å². The second-order valence-electron chi connectivity index (χ2n) is 9.81. The number of hydrogen-bond acceptors (Lipinski definition) is 5. The summed E-state index contributed by atoms with van der Waals surface area (Å²) < 4.78 is 7.95. The van der Waals surface area contributed by atoms with Gasteiger partial charge in [-0.15, -0.1) is 0 Å². The van der Waals surface area contributed by atoms with Crippen LogP contribution in [-0.2, 0) is 0 Å². The fourth-order valence-corrected chi connectivity index (χ4v) is 5.43. The third-order valence-corrected chi connectivity index (χ3v) is 7.40. The maximum atomic E-state index is 13.4. The SMILES string of the molecule is O=C1C(=Cc2nc3oc(-c4ccc5ccccc5c4)nc3n2-c2ccccc2)C(=O)c2cc3ccccc3cc21. The molecule has 5 aromatic carbocycles. The summed E-state index contributed by atoms with van der Waals surface area (Å²) in [6.07, 6.45) is 1.55. The average molecular weight is 518 g/mol. The summed E-state index contributed by atoms with van der Waals surface area (Å²) in [6.45, 7) is 0. The second kappa shape index (κ2) is 8.44. The van der Waals surface area contributed by atoms with Gasteiger partial charge in [-0.1, -0.05) is 72.8 Å². The van der Waals surface area contributed by atoms with Gasteiger partial charge in [0.25, 0.3) is 5.71 Å². The summed E-state index contributed by atoms with van der Waals surface area (Å²) in [4.78, 5) is 36.4. The third kappa shape index (κ3) is 3.36. The number of hydrogen-bond donors (Lipinski definition) is 0. The molecule has 0 spiro atoms. The van der Waals surface area contributed by atoms with Crippen LogP contribution in [0, 0.1) is 0 Å². The van der Waals surface area contributed by atoms with Crippen molar-refractivity contribution in [3.05, 3.63) is 132 Å². The van der Waals surface area contributed by atoms with Crippen LogP contribution in [0.5, 0.6) is 0 Å². The van der Waals surface area contributed by atoms with Crippen molar-refractivity contribution in [3.63, 3.8) is 0 Å². The van der Waals surface area contributed by atoms with Crippen LogP contribution in [0.15, 0.2) is 119 Å². The van der Waals surface area contributed by atoms with Gasteiger partial charge in [-0.05, 0) is 64.0 Å². The molecule has 2 aromatic heterocycles. The number of rotatable bonds is 3. The molecule has 0 N–H and O–H groups in total. The van der Waals surface area contributed by atoms with E-state index >= 15 is 0 Å². The largest absolute Gasteiger partial charge is 0.416 e. The van der Waals surface area contributed by atoms with Gasteiger partial charge in [-0.2, -0.15) is 9.97 Å². The van der Waals surface area contributed by atoms with Crippen molar-refractivity contribution in [1.29, 1.82) is 0 Å². The van der Waals surface area contributed by atoms with E-state index in [1.54, 1.807) is 18.2 Å². The molecule has 0 saturated heterocycles. The topological polar surface area (TPSA) is 78.0 Å². The van der Waals surface area contributed by atoms with Crippen molar-refractivity contribution in [2.75, 3.05) is 0 Å². The van der Waals surface area contributed by atoms with Gasteiger partial charge < -0.3 is 4.42 Å². The van der Waals surface area contributed by atoms with E-state index < -0.39 is 0 Å². The molecule has 8 rings (SSSR count). The molecule has 7 aromatic rings. The van der Waals surface area contributed by atoms with Crippen LogP contribution < -0.4 is 0 Å². The Bertz CT molecular complexity index is 2150. The van der Waals surface area contributed by atoms with Crippen LogP contribution in [0.1, 0.15) is 26.5 Å². The number of carbonyl (C=O) groups excluding carboxylic acids is 2. The fraction of sp³-hybridized carbons (Fsp3) is 0. The Kier molecular flexibility index (Phi) is 4.72. The zero-order valence-electron chi connectivity index (χ0n) is 21.0. The van der Waals surface area contributed by atoms with Crippen molar-refractivity contribution < 1.29 is 14.0 Å². The number of fused-ring (bicyclic) bond motifs is 4. The number of benzene rings is 5. The maximum absolute atomic E-state index is 13.4. The van der Waals surface area contributed by atoms with E-state index in [1.165, 1.54) is 0 Å². The van der Waals surface area contributed by atoms with Crippen molar-refractivity contribution in [3.8, 4) is 17.1 Å². The highest BCUT2D eigenvalue weighted by Crippen LogP contribution is 2.34. The summed E-state index contributed by atoms with van der Waals surface area (Å²) in [7, 11) is 0. The van der Waals surface area contributed by atoms with Crippen LogP contribution >= 0.6 is 0 Å². The van der Waals surface area contributed by atoms with Gasteiger partial charge in [0.05, 0.1) is 5.57 Å². The molecule has 1 aliphatic rings. The fourth-order valence-electron chi connectivity index (χ4n) is 5.43. The standard InChI is InChI=1S/C34H19N3O3/c38-30-26-17-22-10-6-7-11-23(22)18-27(26)31(39)28(30)19-29-35-34-32(37(29)25-12-2-1-3-13-25)36-33(40-34)24-15-14-20-8-4-5-9-21(20)16-24/h1-19H. The number of ketones is 2. The lowest BCUT2D eigenvalue weighted by molar-refractivity contribution is 0.0990. The van der Waals surface area contributed by atoms with Crippen molar-refractivity contribution in [1.82, 2.24) is 14.5 Å². The number of oxazole rings is 1. The third-order valence-electron chi connectivity index (χ3n) is 7.40. The Morgan fingerprint density at radius 2 is 1.23 bits per heavy atom. The van der Waals surface area contributed by atoms with Gasteiger partial charge >= 0.3 is 0 Å². The Balaban J connectivity index is 1.28. The number of para-hydroxylation sites is 1. The lowest BCUT2D eigenvalue weighted by Crippen LogP contribution is -2.04. The van der Waals surface area contributed by atoms with Crippen molar-refractivity contribution in [2.24, 2.45) is 0 Å². The lowest BCUT2D eigenvalue weighted by atomic mass is 10.0. The Morgan fingerprint density at radius 3 is 1.90 bits per heavy atom. The summed E-state index contributed by atoms with van der Waals surface area (Å²) in [5.41, 5.74) is 3.34.